The van der Waals surface area contributed by atoms with Crippen molar-refractivity contribution in [1.29, 1.82) is 0 Å². The molecular formula is C48H85BrN4O9. The van der Waals surface area contributed by atoms with E-state index >= 15 is 0 Å². The molecule has 2 fully saturated rings. The van der Waals surface area contributed by atoms with Crippen molar-refractivity contribution in [2.45, 2.75) is 169 Å². The van der Waals surface area contributed by atoms with Crippen molar-refractivity contribution < 1.29 is 42.9 Å². The predicted molar refractivity (Wildman–Crippen MR) is 257 cm³/mol. The fourth-order valence-corrected chi connectivity index (χ4v) is 5.36. The van der Waals surface area contributed by atoms with Crippen molar-refractivity contribution in [3.63, 3.8) is 0 Å². The van der Waals surface area contributed by atoms with Crippen LogP contribution >= 0.6 is 15.9 Å². The molecule has 2 saturated heterocycles. The number of epoxide rings is 1. The SMILES string of the molecule is C=CCCCBr.C=CCCCN(CC=C)C(=O)OC(C)(C)C.C=CCNC(=O)OC(C)(C)C.CC(C)(C)OC(=O)N1CC=CCCC1.CC(C)(C)OC(=O)N1CCCC2OC2C1. The molecule has 2 unspecified atom stereocenters. The van der Waals surface area contributed by atoms with Gasteiger partial charge in [0.2, 0.25) is 0 Å². The van der Waals surface area contributed by atoms with Gasteiger partial charge in [-0.2, -0.15) is 0 Å². The molecule has 4 amide bonds. The van der Waals surface area contributed by atoms with Crippen LogP contribution in [0.1, 0.15) is 134 Å². The van der Waals surface area contributed by atoms with Gasteiger partial charge < -0.3 is 43.7 Å². The van der Waals surface area contributed by atoms with Gasteiger partial charge >= 0.3 is 24.4 Å². The van der Waals surface area contributed by atoms with Crippen LogP contribution in [0.25, 0.3) is 0 Å². The Labute approximate surface area is 384 Å². The molecule has 13 nitrogen and oxygen atoms in total. The Kier molecular flexibility index (Phi) is 31.1. The summed E-state index contributed by atoms with van der Waals surface area (Å²) >= 11 is 3.30. The lowest BCUT2D eigenvalue weighted by molar-refractivity contribution is 0.0230. The summed E-state index contributed by atoms with van der Waals surface area (Å²) in [4.78, 5) is 51.2. The first-order valence-corrected chi connectivity index (χ1v) is 23.0. The van der Waals surface area contributed by atoms with Crippen LogP contribution < -0.4 is 5.32 Å². The molecule has 0 radical (unpaired) electrons. The van der Waals surface area contributed by atoms with Crippen LogP contribution in [-0.4, -0.2) is 125 Å². The number of ether oxygens (including phenoxy) is 5. The second-order valence-corrected chi connectivity index (χ2v) is 19.6. The number of amides is 4. The maximum atomic E-state index is 11.8. The zero-order chi connectivity index (χ0) is 48.0. The molecule has 14 heteroatoms. The number of alkyl carbamates (subject to hydrolysis) is 1. The van der Waals surface area contributed by atoms with E-state index in [4.69, 9.17) is 23.7 Å². The van der Waals surface area contributed by atoms with Gasteiger partial charge in [-0.25, -0.2) is 19.2 Å². The number of fused-ring (bicyclic) bond motifs is 1. The monoisotopic (exact) mass is 941 g/mol. The van der Waals surface area contributed by atoms with Crippen molar-refractivity contribution >= 4 is 40.3 Å². The van der Waals surface area contributed by atoms with Crippen molar-refractivity contribution in [2.24, 2.45) is 0 Å². The second kappa shape index (κ2) is 32.0. The van der Waals surface area contributed by atoms with Crippen molar-refractivity contribution in [2.75, 3.05) is 51.1 Å². The third-order valence-electron chi connectivity index (χ3n) is 7.77. The van der Waals surface area contributed by atoms with E-state index in [-0.39, 0.29) is 24.4 Å². The van der Waals surface area contributed by atoms with E-state index in [0.717, 1.165) is 63.4 Å². The van der Waals surface area contributed by atoms with Gasteiger partial charge in [-0.05, 0) is 134 Å². The fraction of sp³-hybridized carbons (Fsp3) is 0.708. The van der Waals surface area contributed by atoms with Gasteiger partial charge in [-0.15, -0.1) is 26.3 Å². The second-order valence-electron chi connectivity index (χ2n) is 18.8. The number of nitrogens with zero attached hydrogens (tertiary/aromatic N) is 3. The average Bonchev–Trinajstić information content (AvgIpc) is 3.94. The van der Waals surface area contributed by atoms with Crippen molar-refractivity contribution in [3.05, 3.63) is 62.8 Å². The molecule has 0 aromatic heterocycles. The normalized spacial score (nSPS) is 16.8. The Morgan fingerprint density at radius 1 is 0.710 bits per heavy atom. The van der Waals surface area contributed by atoms with Gasteiger partial charge in [0.1, 0.15) is 28.5 Å². The van der Waals surface area contributed by atoms with Crippen LogP contribution in [-0.2, 0) is 23.7 Å². The summed E-state index contributed by atoms with van der Waals surface area (Å²) in [6.45, 7) is 41.3. The van der Waals surface area contributed by atoms with Crippen LogP contribution in [0, 0.1) is 0 Å². The molecule has 3 aliphatic rings. The number of likely N-dealkylation sites (tertiary alicyclic amines) is 1. The minimum absolute atomic E-state index is 0.205. The standard InChI is InChI=1S/C13H23NO2.C11H19NO3.C11H19NO2.C8H15NO2.C5H9Br/c1-6-8-9-11-14(10-7-2)12(15)16-13(3,4)5;1-11(2,3)15-10(13)12-6-4-5-8-9(7-12)14-8;1-11(2,3)14-10(13)12-8-6-4-5-7-9-12;1-5-6-9-7(10)11-8(2,3)4;1-2-3-4-5-6/h6-7H,1-2,8-11H2,3-5H3;8-9H,4-7H2,1-3H3;4,6H,5,7-9H2,1-3H3;5H,1,6H2,2-4H3,(H,9,10);2H,1,3-5H2. The van der Waals surface area contributed by atoms with Crippen LogP contribution in [0.2, 0.25) is 0 Å². The molecule has 62 heavy (non-hydrogen) atoms. The zero-order valence-electron chi connectivity index (χ0n) is 40.7. The Morgan fingerprint density at radius 3 is 1.73 bits per heavy atom. The number of hydrogen-bond acceptors (Lipinski definition) is 9. The molecule has 1 N–H and O–H groups in total. The maximum Gasteiger partial charge on any atom is 0.410 e. The number of alkyl halides is 1. The first-order chi connectivity index (χ1) is 28.7. The molecule has 0 saturated carbocycles. The van der Waals surface area contributed by atoms with E-state index in [1.807, 2.05) is 101 Å². The highest BCUT2D eigenvalue weighted by Crippen LogP contribution is 2.31. The lowest BCUT2D eigenvalue weighted by Crippen LogP contribution is -2.38. The number of halogens is 1. The number of carbonyl (C=O) groups is 4. The number of allylic oxidation sites excluding steroid dienone is 3. The van der Waals surface area contributed by atoms with E-state index in [1.165, 1.54) is 6.42 Å². The van der Waals surface area contributed by atoms with E-state index in [9.17, 15) is 19.2 Å². The average molecular weight is 942 g/mol. The van der Waals surface area contributed by atoms with Crippen LogP contribution in [0.4, 0.5) is 19.2 Å². The highest BCUT2D eigenvalue weighted by molar-refractivity contribution is 9.09. The Morgan fingerprint density at radius 2 is 1.24 bits per heavy atom. The molecule has 358 valence electrons. The Hall–Kier alpha value is -3.78. The van der Waals surface area contributed by atoms with E-state index in [1.54, 1.807) is 26.9 Å². The highest BCUT2D eigenvalue weighted by atomic mass is 79.9. The third-order valence-corrected chi connectivity index (χ3v) is 8.33. The molecule has 0 aromatic carbocycles. The fourth-order valence-electron chi connectivity index (χ4n) is 5.04. The molecule has 0 spiro atoms. The first-order valence-electron chi connectivity index (χ1n) is 21.9. The predicted octanol–water partition coefficient (Wildman–Crippen LogP) is 11.8. The molecule has 3 aliphatic heterocycles. The summed E-state index contributed by atoms with van der Waals surface area (Å²) in [5.41, 5.74) is -1.68. The third kappa shape index (κ3) is 36.8. The number of nitrogens with one attached hydrogen (secondary N) is 1. The van der Waals surface area contributed by atoms with Gasteiger partial charge in [-0.3, -0.25) is 0 Å². The number of rotatable bonds is 11. The van der Waals surface area contributed by atoms with E-state index < -0.39 is 28.5 Å². The van der Waals surface area contributed by atoms with Gasteiger partial charge in [0.15, 0.2) is 0 Å². The summed E-state index contributed by atoms with van der Waals surface area (Å²) in [6, 6.07) is 0. The van der Waals surface area contributed by atoms with Gasteiger partial charge in [0.05, 0.1) is 12.6 Å². The molecule has 0 bridgehead atoms. The van der Waals surface area contributed by atoms with Crippen molar-refractivity contribution in [3.8, 4) is 0 Å². The lowest BCUT2D eigenvalue weighted by atomic mass is 10.2. The van der Waals surface area contributed by atoms with Gasteiger partial charge in [0, 0.05) is 44.6 Å². The van der Waals surface area contributed by atoms with E-state index in [2.05, 4.69) is 53.6 Å². The number of unbranched alkanes of at least 4 members (excludes halogenated alkanes) is 2. The molecule has 3 rings (SSSR count). The highest BCUT2D eigenvalue weighted by Gasteiger charge is 2.43. The maximum absolute atomic E-state index is 11.8. The van der Waals surface area contributed by atoms with Crippen LogP contribution in [0.3, 0.4) is 0 Å². The smallest absolute Gasteiger partial charge is 0.410 e. The van der Waals surface area contributed by atoms with Crippen LogP contribution in [0.15, 0.2) is 62.8 Å². The molecule has 3 heterocycles. The van der Waals surface area contributed by atoms with Gasteiger partial charge in [-0.1, -0.05) is 52.4 Å². The largest absolute Gasteiger partial charge is 0.444 e. The summed E-state index contributed by atoms with van der Waals surface area (Å²) in [5, 5.41) is 3.61. The van der Waals surface area contributed by atoms with Crippen molar-refractivity contribution in [1.82, 2.24) is 20.0 Å². The summed E-state index contributed by atoms with van der Waals surface area (Å²) < 4.78 is 26.3. The number of carbonyl (C=O) groups excluding carboxylic acids is 4. The topological polar surface area (TPSA) is 139 Å². The minimum Gasteiger partial charge on any atom is -0.444 e. The molecule has 0 aromatic rings. The molecular weight excluding hydrogens is 856 g/mol. The summed E-state index contributed by atoms with van der Waals surface area (Å²) in [6.07, 6.45) is 19.1. The zero-order valence-corrected chi connectivity index (χ0v) is 42.2. The first kappa shape index (κ1) is 60.3. The van der Waals surface area contributed by atoms with Crippen LogP contribution in [0.5, 0.6) is 0 Å². The quantitative estimate of drug-likeness (QED) is 0.0705. The Bertz CT molecular complexity index is 1360. The number of hydrogen-bond donors (Lipinski definition) is 1. The molecule has 0 aliphatic carbocycles. The summed E-state index contributed by atoms with van der Waals surface area (Å²) in [5.74, 6) is 0. The Balaban J connectivity index is 0. The molecule has 2 atom stereocenters. The lowest BCUT2D eigenvalue weighted by Gasteiger charge is -2.26. The van der Waals surface area contributed by atoms with E-state index in [0.29, 0.717) is 38.8 Å². The minimum atomic E-state index is -0.449. The summed E-state index contributed by atoms with van der Waals surface area (Å²) in [7, 11) is 0. The van der Waals surface area contributed by atoms with Gasteiger partial charge in [0.25, 0.3) is 0 Å².